The molecule has 0 radical (unpaired) electrons. The number of nitrogens with one attached hydrogen (secondary N) is 2. The van der Waals surface area contributed by atoms with Gasteiger partial charge in [0.15, 0.2) is 0 Å². The predicted molar refractivity (Wildman–Crippen MR) is 93.1 cm³/mol. The molecule has 1 atom stereocenters. The average Bonchev–Trinajstić information content (AvgIpc) is 2.97. The van der Waals surface area contributed by atoms with E-state index >= 15 is 0 Å². The Bertz CT molecular complexity index is 859. The second-order valence-electron chi connectivity index (χ2n) is 5.10. The molecule has 0 saturated heterocycles. The fraction of sp³-hybridized carbons (Fsp3) is 0.125. The van der Waals surface area contributed by atoms with E-state index < -0.39 is 4.92 Å². The minimum atomic E-state index is -0.452. The zero-order valence-corrected chi connectivity index (χ0v) is 13.5. The summed E-state index contributed by atoms with van der Waals surface area (Å²) in [5, 5.41) is 13.0. The quantitative estimate of drug-likeness (QED) is 0.419. The topological polar surface area (TPSA) is 101 Å². The molecule has 2 aromatic carbocycles. The van der Waals surface area contributed by atoms with E-state index in [1.165, 1.54) is 23.9 Å². The number of anilines is 1. The number of nitrogens with zero attached hydrogens (tertiary/aromatic N) is 2. The van der Waals surface area contributed by atoms with Crippen molar-refractivity contribution in [2.75, 3.05) is 5.32 Å². The third kappa shape index (κ3) is 3.54. The van der Waals surface area contributed by atoms with E-state index in [-0.39, 0.29) is 16.8 Å². The standard InChI is InChI=1S/C16H14N4O3S/c1-10(24-12-8-6-11(7-9-12)20(22)23)15(21)19-16-17-13-4-2-3-5-14(13)18-16/h2-10H,1H3,(H2,17,18,19,21). The number of amides is 1. The number of hydrogen-bond donors (Lipinski definition) is 2. The second kappa shape index (κ2) is 6.71. The highest BCUT2D eigenvalue weighted by Gasteiger charge is 2.16. The van der Waals surface area contributed by atoms with Gasteiger partial charge in [-0.15, -0.1) is 11.8 Å². The summed E-state index contributed by atoms with van der Waals surface area (Å²) in [5.74, 6) is 0.203. The number of aromatic nitrogens is 2. The molecule has 0 aliphatic rings. The molecule has 8 heteroatoms. The highest BCUT2D eigenvalue weighted by molar-refractivity contribution is 8.00. The van der Waals surface area contributed by atoms with E-state index in [4.69, 9.17) is 0 Å². The molecule has 1 heterocycles. The van der Waals surface area contributed by atoms with Gasteiger partial charge < -0.3 is 4.98 Å². The van der Waals surface area contributed by atoms with E-state index in [1.54, 1.807) is 19.1 Å². The fourth-order valence-corrected chi connectivity index (χ4v) is 3.00. The predicted octanol–water partition coefficient (Wildman–Crippen LogP) is 3.59. The summed E-state index contributed by atoms with van der Waals surface area (Å²) in [7, 11) is 0. The molecule has 24 heavy (non-hydrogen) atoms. The number of para-hydroxylation sites is 2. The van der Waals surface area contributed by atoms with E-state index in [2.05, 4.69) is 15.3 Å². The second-order valence-corrected chi connectivity index (χ2v) is 6.52. The smallest absolute Gasteiger partial charge is 0.269 e. The lowest BCUT2D eigenvalue weighted by molar-refractivity contribution is -0.384. The van der Waals surface area contributed by atoms with Gasteiger partial charge in [-0.2, -0.15) is 0 Å². The SMILES string of the molecule is CC(Sc1ccc([N+](=O)[O-])cc1)C(=O)Nc1nc2ccccc2[nH]1. The summed E-state index contributed by atoms with van der Waals surface area (Å²) in [6.45, 7) is 1.77. The molecule has 1 amide bonds. The maximum absolute atomic E-state index is 12.3. The zero-order chi connectivity index (χ0) is 17.1. The first kappa shape index (κ1) is 16.0. The summed E-state index contributed by atoms with van der Waals surface area (Å²) in [6, 6.07) is 13.6. The van der Waals surface area contributed by atoms with Gasteiger partial charge in [-0.3, -0.25) is 20.2 Å². The van der Waals surface area contributed by atoms with Crippen LogP contribution >= 0.6 is 11.8 Å². The number of thioether (sulfide) groups is 1. The molecule has 3 rings (SSSR count). The molecule has 1 aromatic heterocycles. The van der Waals surface area contributed by atoms with Gasteiger partial charge in [-0.05, 0) is 31.2 Å². The Morgan fingerprint density at radius 2 is 1.96 bits per heavy atom. The third-order valence-electron chi connectivity index (χ3n) is 3.36. The zero-order valence-electron chi connectivity index (χ0n) is 12.7. The van der Waals surface area contributed by atoms with Crippen molar-refractivity contribution in [3.63, 3.8) is 0 Å². The third-order valence-corrected chi connectivity index (χ3v) is 4.47. The number of H-pyrrole nitrogens is 1. The van der Waals surface area contributed by atoms with Gasteiger partial charge in [-0.1, -0.05) is 12.1 Å². The summed E-state index contributed by atoms with van der Waals surface area (Å²) < 4.78 is 0. The van der Waals surface area contributed by atoms with Gasteiger partial charge in [0.05, 0.1) is 21.2 Å². The van der Waals surface area contributed by atoms with Gasteiger partial charge in [0, 0.05) is 17.0 Å². The number of imidazole rings is 1. The van der Waals surface area contributed by atoms with Crippen molar-refractivity contribution in [1.82, 2.24) is 9.97 Å². The number of non-ortho nitro benzene ring substituents is 1. The summed E-state index contributed by atoms with van der Waals surface area (Å²) >= 11 is 1.32. The van der Waals surface area contributed by atoms with Crippen molar-refractivity contribution < 1.29 is 9.72 Å². The Morgan fingerprint density at radius 1 is 1.25 bits per heavy atom. The van der Waals surface area contributed by atoms with Crippen molar-refractivity contribution in [2.45, 2.75) is 17.1 Å². The van der Waals surface area contributed by atoms with E-state index in [9.17, 15) is 14.9 Å². The Balaban J connectivity index is 1.64. The lowest BCUT2D eigenvalue weighted by atomic mass is 10.3. The van der Waals surface area contributed by atoms with Crippen LogP contribution in [0, 0.1) is 10.1 Å². The summed E-state index contributed by atoms with van der Waals surface area (Å²) in [6.07, 6.45) is 0. The lowest BCUT2D eigenvalue weighted by Gasteiger charge is -2.10. The van der Waals surface area contributed by atoms with Crippen LogP contribution in [0.1, 0.15) is 6.92 Å². The Labute approximate surface area is 141 Å². The van der Waals surface area contributed by atoms with Crippen LogP contribution in [0.2, 0.25) is 0 Å². The highest BCUT2D eigenvalue weighted by Crippen LogP contribution is 2.26. The fourth-order valence-electron chi connectivity index (χ4n) is 2.13. The van der Waals surface area contributed by atoms with Crippen LogP contribution in [-0.2, 0) is 4.79 Å². The van der Waals surface area contributed by atoms with Crippen LogP contribution in [0.3, 0.4) is 0 Å². The van der Waals surface area contributed by atoms with Gasteiger partial charge in [0.25, 0.3) is 5.69 Å². The molecule has 0 saturated carbocycles. The molecule has 7 nitrogen and oxygen atoms in total. The van der Waals surface area contributed by atoms with Crippen LogP contribution in [0.5, 0.6) is 0 Å². The highest BCUT2D eigenvalue weighted by atomic mass is 32.2. The number of benzene rings is 2. The van der Waals surface area contributed by atoms with Gasteiger partial charge in [0.2, 0.25) is 11.9 Å². The normalized spacial score (nSPS) is 12.0. The van der Waals surface area contributed by atoms with Crippen molar-refractivity contribution >= 4 is 40.3 Å². The van der Waals surface area contributed by atoms with Gasteiger partial charge >= 0.3 is 0 Å². The first-order chi connectivity index (χ1) is 11.5. The van der Waals surface area contributed by atoms with Crippen LogP contribution in [0.25, 0.3) is 11.0 Å². The molecule has 3 aromatic rings. The Morgan fingerprint density at radius 3 is 2.62 bits per heavy atom. The van der Waals surface area contributed by atoms with Gasteiger partial charge in [-0.25, -0.2) is 4.98 Å². The molecule has 0 aliphatic heterocycles. The van der Waals surface area contributed by atoms with Crippen LogP contribution < -0.4 is 5.32 Å². The Hall–Kier alpha value is -2.87. The van der Waals surface area contributed by atoms with Crippen molar-refractivity contribution in [2.24, 2.45) is 0 Å². The molecule has 0 spiro atoms. The van der Waals surface area contributed by atoms with E-state index in [0.717, 1.165) is 15.9 Å². The number of carbonyl (C=O) groups is 1. The minimum Gasteiger partial charge on any atom is -0.324 e. The lowest BCUT2D eigenvalue weighted by Crippen LogP contribution is -2.22. The van der Waals surface area contributed by atoms with Crippen LogP contribution in [0.4, 0.5) is 11.6 Å². The first-order valence-corrected chi connectivity index (χ1v) is 8.07. The number of rotatable bonds is 5. The summed E-state index contributed by atoms with van der Waals surface area (Å²) in [5.41, 5.74) is 1.66. The first-order valence-electron chi connectivity index (χ1n) is 7.19. The Kier molecular flexibility index (Phi) is 4.48. The van der Waals surface area contributed by atoms with E-state index in [1.807, 2.05) is 24.3 Å². The van der Waals surface area contributed by atoms with E-state index in [0.29, 0.717) is 5.95 Å². The summed E-state index contributed by atoms with van der Waals surface area (Å²) in [4.78, 5) is 30.6. The molecular formula is C16H14N4O3S. The number of nitro benzene ring substituents is 1. The number of fused-ring (bicyclic) bond motifs is 1. The molecule has 0 aliphatic carbocycles. The maximum atomic E-state index is 12.3. The molecule has 0 bridgehead atoms. The van der Waals surface area contributed by atoms with Gasteiger partial charge in [0.1, 0.15) is 0 Å². The number of hydrogen-bond acceptors (Lipinski definition) is 5. The monoisotopic (exact) mass is 342 g/mol. The largest absolute Gasteiger partial charge is 0.324 e. The maximum Gasteiger partial charge on any atom is 0.269 e. The molecule has 0 fully saturated rings. The van der Waals surface area contributed by atoms with Crippen LogP contribution in [-0.4, -0.2) is 26.0 Å². The molecular weight excluding hydrogens is 328 g/mol. The number of aromatic amines is 1. The number of carbonyl (C=O) groups excluding carboxylic acids is 1. The minimum absolute atomic E-state index is 0.0266. The number of nitro groups is 1. The molecule has 122 valence electrons. The molecule has 2 N–H and O–H groups in total. The average molecular weight is 342 g/mol. The van der Waals surface area contributed by atoms with Crippen molar-refractivity contribution in [3.8, 4) is 0 Å². The molecule has 1 unspecified atom stereocenters. The van der Waals surface area contributed by atoms with Crippen molar-refractivity contribution in [1.29, 1.82) is 0 Å². The van der Waals surface area contributed by atoms with Crippen molar-refractivity contribution in [3.05, 3.63) is 58.6 Å². The van der Waals surface area contributed by atoms with Crippen LogP contribution in [0.15, 0.2) is 53.4 Å².